The lowest BCUT2D eigenvalue weighted by atomic mass is 10.1. The molecule has 0 heterocycles. The summed E-state index contributed by atoms with van der Waals surface area (Å²) in [7, 11) is 1.60. The van der Waals surface area contributed by atoms with Gasteiger partial charge in [-0.3, -0.25) is 4.39 Å². The molecule has 0 amide bonds. The number of ether oxygens (including phenoxy) is 1. The molecule has 0 saturated heterocycles. The molecule has 1 aromatic carbocycles. The molecule has 72 valence electrons. The zero-order valence-electron chi connectivity index (χ0n) is 7.66. The summed E-state index contributed by atoms with van der Waals surface area (Å²) in [6.07, 6.45) is 0.354. The van der Waals surface area contributed by atoms with Crippen LogP contribution in [0.1, 0.15) is 18.0 Å². The molecule has 0 bridgehead atoms. The van der Waals surface area contributed by atoms with Crippen molar-refractivity contribution in [2.24, 2.45) is 5.73 Å². The molecule has 0 saturated carbocycles. The van der Waals surface area contributed by atoms with Crippen molar-refractivity contribution >= 4 is 0 Å². The number of hydrogen-bond acceptors (Lipinski definition) is 2. The summed E-state index contributed by atoms with van der Waals surface area (Å²) in [4.78, 5) is 0. The van der Waals surface area contributed by atoms with E-state index < -0.39 is 6.67 Å². The second-order valence-electron chi connectivity index (χ2n) is 2.86. The molecular formula is C10H14FNO. The molecule has 0 aliphatic heterocycles. The van der Waals surface area contributed by atoms with Crippen LogP contribution < -0.4 is 10.5 Å². The number of alkyl halides is 1. The van der Waals surface area contributed by atoms with E-state index >= 15 is 0 Å². The van der Waals surface area contributed by atoms with Crippen LogP contribution in [0.5, 0.6) is 5.75 Å². The number of rotatable bonds is 4. The van der Waals surface area contributed by atoms with Crippen molar-refractivity contribution in [1.29, 1.82) is 0 Å². The van der Waals surface area contributed by atoms with E-state index in [-0.39, 0.29) is 6.04 Å². The molecule has 1 rings (SSSR count). The Morgan fingerprint density at radius 2 is 2.31 bits per heavy atom. The van der Waals surface area contributed by atoms with Gasteiger partial charge in [-0.05, 0) is 24.1 Å². The van der Waals surface area contributed by atoms with Crippen molar-refractivity contribution in [1.82, 2.24) is 0 Å². The Labute approximate surface area is 77.5 Å². The Bertz CT molecular complexity index is 265. The van der Waals surface area contributed by atoms with Gasteiger partial charge in [0.25, 0.3) is 0 Å². The largest absolute Gasteiger partial charge is 0.497 e. The van der Waals surface area contributed by atoms with Crippen LogP contribution in [0.4, 0.5) is 4.39 Å². The number of hydrogen-bond donors (Lipinski definition) is 1. The van der Waals surface area contributed by atoms with Crippen molar-refractivity contribution in [2.45, 2.75) is 12.5 Å². The van der Waals surface area contributed by atoms with Gasteiger partial charge in [-0.15, -0.1) is 0 Å². The zero-order chi connectivity index (χ0) is 9.68. The molecule has 0 fully saturated rings. The molecule has 2 N–H and O–H groups in total. The van der Waals surface area contributed by atoms with Crippen LogP contribution in [0.2, 0.25) is 0 Å². The molecule has 1 unspecified atom stereocenters. The standard InChI is InChI=1S/C10H14FNO/c1-13-9-4-2-3-8(7-9)10(12)5-6-11/h2-4,7,10H,5-6,12H2,1H3. The highest BCUT2D eigenvalue weighted by Crippen LogP contribution is 2.19. The van der Waals surface area contributed by atoms with Gasteiger partial charge in [-0.25, -0.2) is 0 Å². The average molecular weight is 183 g/mol. The van der Waals surface area contributed by atoms with Gasteiger partial charge in [0.15, 0.2) is 0 Å². The zero-order valence-corrected chi connectivity index (χ0v) is 7.66. The first-order chi connectivity index (χ1) is 6.27. The topological polar surface area (TPSA) is 35.2 Å². The Morgan fingerprint density at radius 3 is 2.92 bits per heavy atom. The maximum absolute atomic E-state index is 12.0. The van der Waals surface area contributed by atoms with Crippen LogP contribution in [0.15, 0.2) is 24.3 Å². The van der Waals surface area contributed by atoms with E-state index in [0.717, 1.165) is 11.3 Å². The number of methoxy groups -OCH3 is 1. The summed E-state index contributed by atoms with van der Waals surface area (Å²) < 4.78 is 17.0. The number of benzene rings is 1. The van der Waals surface area contributed by atoms with E-state index in [2.05, 4.69) is 0 Å². The minimum Gasteiger partial charge on any atom is -0.497 e. The van der Waals surface area contributed by atoms with Crippen molar-refractivity contribution in [3.63, 3.8) is 0 Å². The molecule has 3 heteroatoms. The summed E-state index contributed by atoms with van der Waals surface area (Å²) in [5, 5.41) is 0. The SMILES string of the molecule is COc1cccc(C(N)CCF)c1. The molecule has 0 aliphatic carbocycles. The van der Waals surface area contributed by atoms with Crippen LogP contribution in [0, 0.1) is 0 Å². The van der Waals surface area contributed by atoms with Crippen molar-refractivity contribution in [3.8, 4) is 5.75 Å². The quantitative estimate of drug-likeness (QED) is 0.775. The van der Waals surface area contributed by atoms with E-state index in [1.807, 2.05) is 24.3 Å². The van der Waals surface area contributed by atoms with Crippen molar-refractivity contribution in [2.75, 3.05) is 13.8 Å². The van der Waals surface area contributed by atoms with E-state index in [1.54, 1.807) is 7.11 Å². The van der Waals surface area contributed by atoms with Crippen LogP contribution in [0.25, 0.3) is 0 Å². The minimum absolute atomic E-state index is 0.236. The van der Waals surface area contributed by atoms with Crippen LogP contribution in [-0.2, 0) is 0 Å². The third-order valence-electron chi connectivity index (χ3n) is 1.94. The predicted molar refractivity (Wildman–Crippen MR) is 50.5 cm³/mol. The number of nitrogens with two attached hydrogens (primary N) is 1. The normalized spacial score (nSPS) is 12.5. The highest BCUT2D eigenvalue weighted by Gasteiger charge is 2.05. The van der Waals surface area contributed by atoms with Crippen LogP contribution >= 0.6 is 0 Å². The summed E-state index contributed by atoms with van der Waals surface area (Å²) in [6.45, 7) is -0.390. The fraction of sp³-hybridized carbons (Fsp3) is 0.400. The van der Waals surface area contributed by atoms with E-state index in [4.69, 9.17) is 10.5 Å². The lowest BCUT2D eigenvalue weighted by molar-refractivity contribution is 0.411. The van der Waals surface area contributed by atoms with Gasteiger partial charge in [0.2, 0.25) is 0 Å². The maximum atomic E-state index is 12.0. The fourth-order valence-electron chi connectivity index (χ4n) is 1.16. The fourth-order valence-corrected chi connectivity index (χ4v) is 1.16. The lowest BCUT2D eigenvalue weighted by Crippen LogP contribution is -2.10. The molecule has 1 aromatic rings. The first-order valence-corrected chi connectivity index (χ1v) is 4.23. The molecule has 0 spiro atoms. The molecular weight excluding hydrogens is 169 g/mol. The van der Waals surface area contributed by atoms with Crippen LogP contribution in [-0.4, -0.2) is 13.8 Å². The Hall–Kier alpha value is -1.09. The van der Waals surface area contributed by atoms with Crippen molar-refractivity contribution < 1.29 is 9.13 Å². The first-order valence-electron chi connectivity index (χ1n) is 4.23. The second kappa shape index (κ2) is 4.82. The van der Waals surface area contributed by atoms with Gasteiger partial charge in [-0.2, -0.15) is 0 Å². The molecule has 2 nitrogen and oxygen atoms in total. The Morgan fingerprint density at radius 1 is 1.54 bits per heavy atom. The van der Waals surface area contributed by atoms with E-state index in [9.17, 15) is 4.39 Å². The smallest absolute Gasteiger partial charge is 0.119 e. The van der Waals surface area contributed by atoms with E-state index in [1.165, 1.54) is 0 Å². The Balaban J connectivity index is 2.75. The van der Waals surface area contributed by atoms with Gasteiger partial charge in [0.1, 0.15) is 5.75 Å². The first kappa shape index (κ1) is 9.99. The van der Waals surface area contributed by atoms with Gasteiger partial charge >= 0.3 is 0 Å². The third-order valence-corrected chi connectivity index (χ3v) is 1.94. The highest BCUT2D eigenvalue weighted by molar-refractivity contribution is 5.30. The summed E-state index contributed by atoms with van der Waals surface area (Å²) >= 11 is 0. The summed E-state index contributed by atoms with van der Waals surface area (Å²) in [5.74, 6) is 0.756. The number of halogens is 1. The summed E-state index contributed by atoms with van der Waals surface area (Å²) in [6, 6.07) is 7.17. The molecule has 13 heavy (non-hydrogen) atoms. The molecule has 0 radical (unpaired) electrons. The second-order valence-corrected chi connectivity index (χ2v) is 2.86. The predicted octanol–water partition coefficient (Wildman–Crippen LogP) is 2.05. The summed E-state index contributed by atoms with van der Waals surface area (Å²) in [5.41, 5.74) is 6.65. The molecule has 0 aromatic heterocycles. The van der Waals surface area contributed by atoms with Crippen LogP contribution in [0.3, 0.4) is 0 Å². The average Bonchev–Trinajstić information content (AvgIpc) is 2.18. The molecule has 1 atom stereocenters. The van der Waals surface area contributed by atoms with Gasteiger partial charge in [0, 0.05) is 6.04 Å². The van der Waals surface area contributed by atoms with E-state index in [0.29, 0.717) is 6.42 Å². The minimum atomic E-state index is -0.390. The highest BCUT2D eigenvalue weighted by atomic mass is 19.1. The molecule has 0 aliphatic rings. The maximum Gasteiger partial charge on any atom is 0.119 e. The van der Waals surface area contributed by atoms with Gasteiger partial charge < -0.3 is 10.5 Å². The van der Waals surface area contributed by atoms with Crippen molar-refractivity contribution in [3.05, 3.63) is 29.8 Å². The third kappa shape index (κ3) is 2.70. The Kier molecular flexibility index (Phi) is 3.71. The lowest BCUT2D eigenvalue weighted by Gasteiger charge is -2.10. The monoisotopic (exact) mass is 183 g/mol. The van der Waals surface area contributed by atoms with Gasteiger partial charge in [0.05, 0.1) is 13.8 Å². The van der Waals surface area contributed by atoms with Gasteiger partial charge in [-0.1, -0.05) is 12.1 Å².